The van der Waals surface area contributed by atoms with Crippen molar-refractivity contribution in [2.24, 2.45) is 5.73 Å². The summed E-state index contributed by atoms with van der Waals surface area (Å²) in [5.41, 5.74) is 7.40. The number of aromatic amines is 1. The monoisotopic (exact) mass is 253 g/mol. The van der Waals surface area contributed by atoms with E-state index in [1.807, 2.05) is 0 Å². The van der Waals surface area contributed by atoms with E-state index in [9.17, 15) is 4.39 Å². The number of H-pyrrole nitrogens is 1. The largest absolute Gasteiger partial charge is 0.343 e. The van der Waals surface area contributed by atoms with Crippen LogP contribution in [0.3, 0.4) is 0 Å². The lowest BCUT2D eigenvalue weighted by atomic mass is 10.1. The second-order valence-corrected chi connectivity index (χ2v) is 4.14. The first-order chi connectivity index (χ1) is 8.19. The van der Waals surface area contributed by atoms with Crippen molar-refractivity contribution < 1.29 is 4.39 Å². The molecule has 0 bridgehead atoms. The first kappa shape index (κ1) is 12.1. The average molecular weight is 254 g/mol. The molecule has 5 heteroatoms. The van der Waals surface area contributed by atoms with Crippen LogP contribution in [0, 0.1) is 5.82 Å². The van der Waals surface area contributed by atoms with Gasteiger partial charge in [0.15, 0.2) is 0 Å². The van der Waals surface area contributed by atoms with Gasteiger partial charge in [-0.05, 0) is 30.5 Å². The highest BCUT2D eigenvalue weighted by Crippen LogP contribution is 2.15. The molecule has 1 aromatic carbocycles. The fourth-order valence-electron chi connectivity index (χ4n) is 1.62. The molecule has 17 heavy (non-hydrogen) atoms. The maximum absolute atomic E-state index is 12.7. The fraction of sp³-hybridized carbons (Fsp3) is 0.250. The van der Waals surface area contributed by atoms with Gasteiger partial charge in [-0.2, -0.15) is 0 Å². The maximum Gasteiger partial charge on any atom is 0.150 e. The van der Waals surface area contributed by atoms with E-state index in [-0.39, 0.29) is 5.82 Å². The molecule has 3 N–H and O–H groups in total. The lowest BCUT2D eigenvalue weighted by Gasteiger charge is -2.00. The Hall–Kier alpha value is -1.39. The van der Waals surface area contributed by atoms with E-state index in [1.165, 1.54) is 12.1 Å². The summed E-state index contributed by atoms with van der Waals surface area (Å²) in [7, 11) is 0. The Labute approximate surface area is 104 Å². The van der Waals surface area contributed by atoms with E-state index in [4.69, 9.17) is 17.3 Å². The second kappa shape index (κ2) is 5.29. The van der Waals surface area contributed by atoms with E-state index in [0.29, 0.717) is 17.5 Å². The van der Waals surface area contributed by atoms with Crippen molar-refractivity contribution in [2.45, 2.75) is 19.4 Å². The van der Waals surface area contributed by atoms with Gasteiger partial charge in [0.2, 0.25) is 0 Å². The maximum atomic E-state index is 12.7. The number of imidazole rings is 1. The number of hydrogen-bond donors (Lipinski definition) is 2. The van der Waals surface area contributed by atoms with Gasteiger partial charge in [0.1, 0.15) is 16.8 Å². The molecule has 1 heterocycles. The summed E-state index contributed by atoms with van der Waals surface area (Å²) < 4.78 is 12.7. The van der Waals surface area contributed by atoms with Crippen LogP contribution in [0.1, 0.15) is 17.1 Å². The van der Waals surface area contributed by atoms with Crippen LogP contribution in [0.2, 0.25) is 5.15 Å². The number of benzene rings is 1. The van der Waals surface area contributed by atoms with Gasteiger partial charge in [-0.15, -0.1) is 0 Å². The van der Waals surface area contributed by atoms with Crippen molar-refractivity contribution in [2.75, 3.05) is 0 Å². The third kappa shape index (κ3) is 3.05. The Bertz CT molecular complexity index is 493. The van der Waals surface area contributed by atoms with E-state index < -0.39 is 0 Å². The summed E-state index contributed by atoms with van der Waals surface area (Å²) in [6, 6.07) is 6.44. The topological polar surface area (TPSA) is 54.7 Å². The second-order valence-electron chi connectivity index (χ2n) is 3.78. The number of hydrogen-bond acceptors (Lipinski definition) is 2. The number of nitrogens with zero attached hydrogens (tertiary/aromatic N) is 1. The van der Waals surface area contributed by atoms with E-state index in [1.54, 1.807) is 12.1 Å². The number of nitrogens with one attached hydrogen (secondary N) is 1. The molecular formula is C12H13ClFN3. The molecule has 1 aromatic heterocycles. The lowest BCUT2D eigenvalue weighted by molar-refractivity contribution is 0.627. The van der Waals surface area contributed by atoms with Crippen molar-refractivity contribution in [1.82, 2.24) is 9.97 Å². The fourth-order valence-corrected chi connectivity index (χ4v) is 1.87. The Morgan fingerprint density at radius 2 is 1.94 bits per heavy atom. The third-order valence-corrected chi connectivity index (χ3v) is 2.86. The Balaban J connectivity index is 2.01. The normalized spacial score (nSPS) is 10.8. The van der Waals surface area contributed by atoms with Gasteiger partial charge < -0.3 is 10.7 Å². The number of aryl methyl sites for hydroxylation is 2. The van der Waals surface area contributed by atoms with E-state index >= 15 is 0 Å². The molecule has 0 saturated heterocycles. The van der Waals surface area contributed by atoms with Crippen molar-refractivity contribution in [3.8, 4) is 0 Å². The van der Waals surface area contributed by atoms with Crippen molar-refractivity contribution in [3.63, 3.8) is 0 Å². The molecule has 0 aliphatic carbocycles. The van der Waals surface area contributed by atoms with Crippen LogP contribution in [-0.2, 0) is 19.4 Å². The molecule has 2 rings (SSSR count). The zero-order valence-electron chi connectivity index (χ0n) is 9.21. The van der Waals surface area contributed by atoms with Gasteiger partial charge in [-0.25, -0.2) is 9.37 Å². The zero-order chi connectivity index (χ0) is 12.3. The third-order valence-electron chi connectivity index (χ3n) is 2.55. The van der Waals surface area contributed by atoms with Gasteiger partial charge >= 0.3 is 0 Å². The molecule has 0 fully saturated rings. The minimum absolute atomic E-state index is 0.223. The van der Waals surface area contributed by atoms with Crippen LogP contribution in [0.5, 0.6) is 0 Å². The molecule has 0 radical (unpaired) electrons. The highest BCUT2D eigenvalue weighted by Gasteiger charge is 2.07. The molecule has 0 spiro atoms. The Kier molecular flexibility index (Phi) is 3.76. The standard InChI is InChI=1S/C12H13ClFN3/c13-12-10(16-11(7-15)17-12)6-3-8-1-4-9(14)5-2-8/h1-2,4-5H,3,6-7,15H2,(H,16,17). The van der Waals surface area contributed by atoms with Crippen molar-refractivity contribution >= 4 is 11.6 Å². The molecule has 2 aromatic rings. The number of aromatic nitrogens is 2. The van der Waals surface area contributed by atoms with Crippen molar-refractivity contribution in [1.29, 1.82) is 0 Å². The highest BCUT2D eigenvalue weighted by molar-refractivity contribution is 6.30. The predicted octanol–water partition coefficient (Wildman–Crippen LogP) is 2.45. The van der Waals surface area contributed by atoms with Gasteiger partial charge in [-0.1, -0.05) is 23.7 Å². The van der Waals surface area contributed by atoms with Crippen molar-refractivity contribution in [3.05, 3.63) is 52.3 Å². The Morgan fingerprint density at radius 1 is 1.24 bits per heavy atom. The molecule has 3 nitrogen and oxygen atoms in total. The molecular weight excluding hydrogens is 241 g/mol. The molecule has 0 unspecified atom stereocenters. The van der Waals surface area contributed by atoms with Gasteiger partial charge in [0.25, 0.3) is 0 Å². The zero-order valence-corrected chi connectivity index (χ0v) is 9.97. The quantitative estimate of drug-likeness (QED) is 0.879. The first-order valence-corrected chi connectivity index (χ1v) is 5.74. The van der Waals surface area contributed by atoms with Crippen LogP contribution in [0.25, 0.3) is 0 Å². The van der Waals surface area contributed by atoms with Gasteiger partial charge in [0.05, 0.1) is 12.2 Å². The summed E-state index contributed by atoms with van der Waals surface area (Å²) in [5, 5.41) is 0.465. The van der Waals surface area contributed by atoms with Crippen LogP contribution in [0.4, 0.5) is 4.39 Å². The molecule has 0 aliphatic heterocycles. The number of rotatable bonds is 4. The van der Waals surface area contributed by atoms with Gasteiger partial charge in [-0.3, -0.25) is 0 Å². The minimum atomic E-state index is -0.223. The smallest absolute Gasteiger partial charge is 0.150 e. The van der Waals surface area contributed by atoms with E-state index in [2.05, 4.69) is 9.97 Å². The van der Waals surface area contributed by atoms with Crippen LogP contribution in [0.15, 0.2) is 24.3 Å². The Morgan fingerprint density at radius 3 is 2.53 bits per heavy atom. The van der Waals surface area contributed by atoms with Crippen LogP contribution < -0.4 is 5.73 Å². The molecule has 0 saturated carbocycles. The SMILES string of the molecule is NCc1nc(Cl)c(CCc2ccc(F)cc2)[nH]1. The predicted molar refractivity (Wildman–Crippen MR) is 65.3 cm³/mol. The molecule has 0 amide bonds. The molecule has 0 atom stereocenters. The minimum Gasteiger partial charge on any atom is -0.343 e. The summed E-state index contributed by atoms with van der Waals surface area (Å²) in [4.78, 5) is 7.15. The lowest BCUT2D eigenvalue weighted by Crippen LogP contribution is -1.98. The van der Waals surface area contributed by atoms with Crippen LogP contribution >= 0.6 is 11.6 Å². The summed E-state index contributed by atoms with van der Waals surface area (Å²) in [6.45, 7) is 0.344. The molecule has 0 aliphatic rings. The number of nitrogens with two attached hydrogens (primary N) is 1. The van der Waals surface area contributed by atoms with Gasteiger partial charge in [0, 0.05) is 0 Å². The number of halogens is 2. The van der Waals surface area contributed by atoms with Crippen LogP contribution in [-0.4, -0.2) is 9.97 Å². The molecule has 90 valence electrons. The highest BCUT2D eigenvalue weighted by atomic mass is 35.5. The average Bonchev–Trinajstić information content (AvgIpc) is 2.69. The first-order valence-electron chi connectivity index (χ1n) is 5.37. The summed E-state index contributed by atoms with van der Waals surface area (Å²) in [6.07, 6.45) is 1.52. The van der Waals surface area contributed by atoms with E-state index in [0.717, 1.165) is 24.1 Å². The summed E-state index contributed by atoms with van der Waals surface area (Å²) >= 11 is 5.96. The summed E-state index contributed by atoms with van der Waals surface area (Å²) in [5.74, 6) is 0.461.